The van der Waals surface area contributed by atoms with E-state index < -0.39 is 5.97 Å². The van der Waals surface area contributed by atoms with Crippen molar-refractivity contribution in [1.29, 1.82) is 0 Å². The Kier molecular flexibility index (Phi) is 4.07. The third-order valence-corrected chi connectivity index (χ3v) is 3.67. The second kappa shape index (κ2) is 5.57. The Hall–Kier alpha value is -1.29. The van der Waals surface area contributed by atoms with Gasteiger partial charge in [-0.25, -0.2) is 4.79 Å². The van der Waals surface area contributed by atoms with Crippen LogP contribution < -0.4 is 0 Å². The van der Waals surface area contributed by atoms with Gasteiger partial charge in [-0.3, -0.25) is 0 Å². The van der Waals surface area contributed by atoms with E-state index in [1.54, 1.807) is 13.0 Å². The lowest BCUT2D eigenvalue weighted by Crippen LogP contribution is -2.25. The molecule has 1 aromatic rings. The first-order valence-corrected chi connectivity index (χ1v) is 6.52. The van der Waals surface area contributed by atoms with Gasteiger partial charge in [0, 0.05) is 0 Å². The van der Waals surface area contributed by atoms with Crippen LogP contribution in [0.3, 0.4) is 0 Å². The van der Waals surface area contributed by atoms with Crippen LogP contribution in [0.2, 0.25) is 0 Å². The van der Waals surface area contributed by atoms with Crippen LogP contribution in [0.5, 0.6) is 0 Å². The summed E-state index contributed by atoms with van der Waals surface area (Å²) in [4.78, 5) is 10.9. The van der Waals surface area contributed by atoms with E-state index >= 15 is 0 Å². The third-order valence-electron chi connectivity index (χ3n) is 3.67. The number of carbonyl (C=O) groups is 1. The van der Waals surface area contributed by atoms with E-state index in [1.807, 2.05) is 0 Å². The fraction of sp³-hybridized carbons (Fsp3) is 0.643. The fourth-order valence-electron chi connectivity index (χ4n) is 2.55. The largest absolute Gasteiger partial charge is 0.478 e. The predicted molar refractivity (Wildman–Crippen MR) is 66.6 cm³/mol. The molecule has 0 saturated heterocycles. The van der Waals surface area contributed by atoms with Crippen molar-refractivity contribution in [2.75, 3.05) is 0 Å². The standard InChI is InChI=1S/C14H20O4/c1-9-5-3-4-6-13(9)17-8-11-7-12(14(15)16)10(2)18-11/h7,9,13H,3-6,8H2,1-2H3,(H,15,16). The Morgan fingerprint density at radius 3 is 2.83 bits per heavy atom. The van der Waals surface area contributed by atoms with Gasteiger partial charge in [0.15, 0.2) is 0 Å². The van der Waals surface area contributed by atoms with E-state index in [0.717, 1.165) is 6.42 Å². The Labute approximate surface area is 107 Å². The van der Waals surface area contributed by atoms with Gasteiger partial charge in [-0.1, -0.05) is 19.8 Å². The highest BCUT2D eigenvalue weighted by Crippen LogP contribution is 2.27. The lowest BCUT2D eigenvalue weighted by atomic mass is 9.88. The SMILES string of the molecule is Cc1oc(COC2CCCCC2C)cc1C(=O)O. The van der Waals surface area contributed by atoms with Crippen LogP contribution in [0.15, 0.2) is 10.5 Å². The summed E-state index contributed by atoms with van der Waals surface area (Å²) in [6.07, 6.45) is 5.07. The smallest absolute Gasteiger partial charge is 0.339 e. The molecule has 2 rings (SSSR count). The summed E-state index contributed by atoms with van der Waals surface area (Å²) in [6, 6.07) is 1.56. The van der Waals surface area contributed by atoms with Gasteiger partial charge in [0.05, 0.1) is 6.10 Å². The minimum absolute atomic E-state index is 0.227. The molecule has 1 N–H and O–H groups in total. The zero-order chi connectivity index (χ0) is 13.1. The molecule has 0 amide bonds. The first-order valence-electron chi connectivity index (χ1n) is 6.52. The number of hydrogen-bond donors (Lipinski definition) is 1. The minimum atomic E-state index is -0.950. The van der Waals surface area contributed by atoms with E-state index in [1.165, 1.54) is 19.3 Å². The van der Waals surface area contributed by atoms with E-state index in [2.05, 4.69) is 6.92 Å². The Morgan fingerprint density at radius 2 is 2.22 bits per heavy atom. The lowest BCUT2D eigenvalue weighted by molar-refractivity contribution is -0.0221. The van der Waals surface area contributed by atoms with Crippen LogP contribution >= 0.6 is 0 Å². The molecule has 1 fully saturated rings. The van der Waals surface area contributed by atoms with Gasteiger partial charge < -0.3 is 14.3 Å². The number of hydrogen-bond acceptors (Lipinski definition) is 3. The Morgan fingerprint density at radius 1 is 1.50 bits per heavy atom. The van der Waals surface area contributed by atoms with Crippen LogP contribution in [0.4, 0.5) is 0 Å². The van der Waals surface area contributed by atoms with E-state index in [0.29, 0.717) is 24.0 Å². The second-order valence-electron chi connectivity index (χ2n) is 5.10. The zero-order valence-electron chi connectivity index (χ0n) is 10.9. The number of ether oxygens (including phenoxy) is 1. The molecule has 18 heavy (non-hydrogen) atoms. The third kappa shape index (κ3) is 2.93. The molecule has 4 nitrogen and oxygen atoms in total. The zero-order valence-corrected chi connectivity index (χ0v) is 10.9. The summed E-state index contributed by atoms with van der Waals surface area (Å²) in [5, 5.41) is 8.94. The monoisotopic (exact) mass is 252 g/mol. The van der Waals surface area contributed by atoms with Crippen LogP contribution in [0.1, 0.15) is 54.5 Å². The summed E-state index contributed by atoms with van der Waals surface area (Å²) in [7, 11) is 0. The summed E-state index contributed by atoms with van der Waals surface area (Å²) in [6.45, 7) is 4.24. The van der Waals surface area contributed by atoms with Gasteiger partial charge in [-0.15, -0.1) is 0 Å². The molecule has 1 aliphatic carbocycles. The van der Waals surface area contributed by atoms with Crippen molar-refractivity contribution in [2.24, 2.45) is 5.92 Å². The van der Waals surface area contributed by atoms with Gasteiger partial charge in [-0.2, -0.15) is 0 Å². The second-order valence-corrected chi connectivity index (χ2v) is 5.10. The van der Waals surface area contributed by atoms with E-state index in [9.17, 15) is 4.79 Å². The predicted octanol–water partition coefficient (Wildman–Crippen LogP) is 3.38. The number of aryl methyl sites for hydroxylation is 1. The maximum atomic E-state index is 10.9. The molecule has 0 aliphatic heterocycles. The lowest BCUT2D eigenvalue weighted by Gasteiger charge is -2.28. The van der Waals surface area contributed by atoms with Crippen molar-refractivity contribution in [3.8, 4) is 0 Å². The highest BCUT2D eigenvalue weighted by Gasteiger charge is 2.22. The molecule has 4 heteroatoms. The van der Waals surface area contributed by atoms with Crippen molar-refractivity contribution >= 4 is 5.97 Å². The number of furan rings is 1. The van der Waals surface area contributed by atoms with Crippen molar-refractivity contribution in [2.45, 2.75) is 52.2 Å². The summed E-state index contributed by atoms with van der Waals surface area (Å²) < 4.78 is 11.2. The molecular formula is C14H20O4. The topological polar surface area (TPSA) is 59.7 Å². The Balaban J connectivity index is 1.93. The summed E-state index contributed by atoms with van der Waals surface area (Å²) in [5.74, 6) is 0.669. The molecule has 100 valence electrons. The first kappa shape index (κ1) is 13.1. The van der Waals surface area contributed by atoms with Gasteiger partial charge in [0.1, 0.15) is 23.7 Å². The fourth-order valence-corrected chi connectivity index (χ4v) is 2.55. The van der Waals surface area contributed by atoms with Gasteiger partial charge in [0.25, 0.3) is 0 Å². The van der Waals surface area contributed by atoms with Gasteiger partial charge in [-0.05, 0) is 31.7 Å². The average Bonchev–Trinajstić information content (AvgIpc) is 2.70. The molecule has 1 saturated carbocycles. The van der Waals surface area contributed by atoms with Crippen molar-refractivity contribution in [3.05, 3.63) is 23.2 Å². The van der Waals surface area contributed by atoms with Crippen molar-refractivity contribution in [1.82, 2.24) is 0 Å². The molecule has 2 unspecified atom stereocenters. The van der Waals surface area contributed by atoms with Crippen molar-refractivity contribution in [3.63, 3.8) is 0 Å². The highest BCUT2D eigenvalue weighted by atomic mass is 16.5. The van der Waals surface area contributed by atoms with Crippen molar-refractivity contribution < 1.29 is 19.1 Å². The van der Waals surface area contributed by atoms with Crippen LogP contribution in [0, 0.1) is 12.8 Å². The molecule has 0 radical (unpaired) electrons. The van der Waals surface area contributed by atoms with Crippen LogP contribution in [0.25, 0.3) is 0 Å². The molecule has 0 bridgehead atoms. The van der Waals surface area contributed by atoms with E-state index in [4.69, 9.17) is 14.3 Å². The highest BCUT2D eigenvalue weighted by molar-refractivity contribution is 5.88. The maximum Gasteiger partial charge on any atom is 0.339 e. The Bertz CT molecular complexity index is 421. The number of rotatable bonds is 4. The first-order chi connectivity index (χ1) is 8.58. The molecule has 1 aromatic heterocycles. The van der Waals surface area contributed by atoms with Crippen LogP contribution in [-0.4, -0.2) is 17.2 Å². The van der Waals surface area contributed by atoms with Gasteiger partial charge in [0.2, 0.25) is 0 Å². The molecule has 1 heterocycles. The maximum absolute atomic E-state index is 10.9. The van der Waals surface area contributed by atoms with Gasteiger partial charge >= 0.3 is 5.97 Å². The normalized spacial score (nSPS) is 24.1. The number of carboxylic acids is 1. The quantitative estimate of drug-likeness (QED) is 0.892. The number of carboxylic acid groups (broad SMARTS) is 1. The average molecular weight is 252 g/mol. The van der Waals surface area contributed by atoms with E-state index in [-0.39, 0.29) is 11.7 Å². The molecule has 0 aromatic carbocycles. The molecular weight excluding hydrogens is 232 g/mol. The van der Waals surface area contributed by atoms with Crippen LogP contribution in [-0.2, 0) is 11.3 Å². The molecule has 0 spiro atoms. The summed E-state index contributed by atoms with van der Waals surface area (Å²) in [5.41, 5.74) is 0.227. The minimum Gasteiger partial charge on any atom is -0.478 e. The molecule has 2 atom stereocenters. The molecule has 1 aliphatic rings. The summed E-state index contributed by atoms with van der Waals surface area (Å²) >= 11 is 0. The number of aromatic carboxylic acids is 1.